The van der Waals surface area contributed by atoms with Crippen molar-refractivity contribution in [1.29, 1.82) is 0 Å². The first-order valence-electron chi connectivity index (χ1n) is 9.47. The topological polar surface area (TPSA) is 64.6 Å². The second-order valence-corrected chi connectivity index (χ2v) is 6.75. The molecule has 0 aliphatic rings. The minimum atomic E-state index is -0.691. The van der Waals surface area contributed by atoms with Crippen LogP contribution in [0.25, 0.3) is 0 Å². The fourth-order valence-corrected chi connectivity index (χ4v) is 2.84. The summed E-state index contributed by atoms with van der Waals surface area (Å²) >= 11 is 0. The first-order valence-corrected chi connectivity index (χ1v) is 9.47. The summed E-state index contributed by atoms with van der Waals surface area (Å²) in [6, 6.07) is 21.8. The Kier molecular flexibility index (Phi) is 7.16. The molecule has 0 aliphatic carbocycles. The minimum absolute atomic E-state index is 0.0349. The summed E-state index contributed by atoms with van der Waals surface area (Å²) in [5, 5.41) is 2.37. The van der Waals surface area contributed by atoms with E-state index in [-0.39, 0.29) is 12.3 Å². The lowest BCUT2D eigenvalue weighted by Crippen LogP contribution is -2.24. The predicted octanol–water partition coefficient (Wildman–Crippen LogP) is 4.29. The van der Waals surface area contributed by atoms with Gasteiger partial charge in [-0.05, 0) is 41.8 Å². The molecule has 0 aliphatic heterocycles. The van der Waals surface area contributed by atoms with Crippen LogP contribution in [0.1, 0.15) is 16.7 Å². The average molecular weight is 407 g/mol. The quantitative estimate of drug-likeness (QED) is 0.566. The maximum Gasteiger partial charge on any atom is 0.344 e. The van der Waals surface area contributed by atoms with E-state index in [1.807, 2.05) is 48.5 Å². The van der Waals surface area contributed by atoms with Crippen molar-refractivity contribution in [2.24, 2.45) is 0 Å². The Labute approximate surface area is 174 Å². The molecule has 0 saturated heterocycles. The summed E-state index contributed by atoms with van der Waals surface area (Å²) in [4.78, 5) is 23.8. The normalized spacial score (nSPS) is 10.3. The van der Waals surface area contributed by atoms with Crippen molar-refractivity contribution in [1.82, 2.24) is 0 Å². The number of carbonyl (C=O) groups excluding carboxylic acids is 2. The fourth-order valence-electron chi connectivity index (χ4n) is 2.84. The molecule has 0 saturated carbocycles. The number of aryl methyl sites for hydroxylation is 1. The van der Waals surface area contributed by atoms with Crippen molar-refractivity contribution in [2.45, 2.75) is 13.3 Å². The van der Waals surface area contributed by atoms with Crippen LogP contribution in [0, 0.1) is 12.7 Å². The van der Waals surface area contributed by atoms with E-state index >= 15 is 0 Å². The van der Waals surface area contributed by atoms with E-state index in [1.54, 1.807) is 19.1 Å². The molecule has 0 heterocycles. The van der Waals surface area contributed by atoms with Crippen molar-refractivity contribution in [3.8, 4) is 5.75 Å². The summed E-state index contributed by atoms with van der Waals surface area (Å²) < 4.78 is 24.3. The molecule has 1 N–H and O–H groups in total. The Hall–Kier alpha value is -3.67. The molecule has 154 valence electrons. The van der Waals surface area contributed by atoms with Crippen LogP contribution in [0.2, 0.25) is 0 Å². The number of rotatable bonds is 8. The van der Waals surface area contributed by atoms with Gasteiger partial charge in [-0.3, -0.25) is 4.79 Å². The molecule has 30 heavy (non-hydrogen) atoms. The largest absolute Gasteiger partial charge is 0.482 e. The minimum Gasteiger partial charge on any atom is -0.482 e. The highest BCUT2D eigenvalue weighted by atomic mass is 19.1. The van der Waals surface area contributed by atoms with Crippen LogP contribution in [0.5, 0.6) is 5.75 Å². The Morgan fingerprint density at radius 1 is 0.933 bits per heavy atom. The van der Waals surface area contributed by atoms with Gasteiger partial charge in [-0.2, -0.15) is 0 Å². The van der Waals surface area contributed by atoms with Crippen molar-refractivity contribution in [2.75, 3.05) is 18.5 Å². The third-order valence-corrected chi connectivity index (χ3v) is 4.32. The standard InChI is InChI=1S/C24H22FNO4/c1-17-11-12-21(20(25)13-17)26-23(27)15-30-24(28)16-29-22-10-6-5-9-19(22)14-18-7-3-2-4-8-18/h2-13H,14-16H2,1H3,(H,26,27). The Morgan fingerprint density at radius 3 is 2.43 bits per heavy atom. The number of esters is 1. The molecule has 5 nitrogen and oxygen atoms in total. The number of hydrogen-bond acceptors (Lipinski definition) is 4. The fraction of sp³-hybridized carbons (Fsp3) is 0.167. The molecule has 3 rings (SSSR count). The number of amides is 1. The summed E-state index contributed by atoms with van der Waals surface area (Å²) in [5.41, 5.74) is 2.83. The van der Waals surface area contributed by atoms with Crippen LogP contribution >= 0.6 is 0 Å². The number of nitrogens with one attached hydrogen (secondary N) is 1. The number of anilines is 1. The lowest BCUT2D eigenvalue weighted by atomic mass is 10.0. The monoisotopic (exact) mass is 407 g/mol. The zero-order chi connectivity index (χ0) is 21.3. The van der Waals surface area contributed by atoms with Crippen molar-refractivity contribution < 1.29 is 23.5 Å². The van der Waals surface area contributed by atoms with Gasteiger partial charge in [-0.15, -0.1) is 0 Å². The third-order valence-electron chi connectivity index (χ3n) is 4.32. The summed E-state index contributed by atoms with van der Waals surface area (Å²) in [5.74, 6) is -1.29. The number of benzene rings is 3. The molecule has 0 aromatic heterocycles. The molecule has 3 aromatic carbocycles. The lowest BCUT2D eigenvalue weighted by molar-refractivity contribution is -0.149. The highest BCUT2D eigenvalue weighted by molar-refractivity contribution is 5.93. The van der Waals surface area contributed by atoms with Gasteiger partial charge in [0.25, 0.3) is 5.91 Å². The van der Waals surface area contributed by atoms with Gasteiger partial charge in [0.05, 0.1) is 5.69 Å². The smallest absolute Gasteiger partial charge is 0.344 e. The van der Waals surface area contributed by atoms with E-state index < -0.39 is 24.3 Å². The van der Waals surface area contributed by atoms with Gasteiger partial charge in [0.2, 0.25) is 0 Å². The Morgan fingerprint density at radius 2 is 1.67 bits per heavy atom. The van der Waals surface area contributed by atoms with E-state index in [1.165, 1.54) is 12.1 Å². The van der Waals surface area contributed by atoms with Gasteiger partial charge in [0, 0.05) is 6.42 Å². The second kappa shape index (κ2) is 10.2. The predicted molar refractivity (Wildman–Crippen MR) is 112 cm³/mol. The Bertz CT molecular complexity index is 1020. The highest BCUT2D eigenvalue weighted by Crippen LogP contribution is 2.21. The number of ether oxygens (including phenoxy) is 2. The van der Waals surface area contributed by atoms with Crippen LogP contribution in [0.3, 0.4) is 0 Å². The molecule has 0 fully saturated rings. The molecular formula is C24H22FNO4. The van der Waals surface area contributed by atoms with Crippen LogP contribution in [0.15, 0.2) is 72.8 Å². The number of para-hydroxylation sites is 1. The number of hydrogen-bond donors (Lipinski definition) is 1. The summed E-state index contributed by atoms with van der Waals surface area (Å²) in [6.07, 6.45) is 0.663. The van der Waals surface area contributed by atoms with Gasteiger partial charge < -0.3 is 14.8 Å². The van der Waals surface area contributed by atoms with Gasteiger partial charge >= 0.3 is 5.97 Å². The molecular weight excluding hydrogens is 385 g/mol. The Balaban J connectivity index is 1.48. The lowest BCUT2D eigenvalue weighted by Gasteiger charge is -2.12. The van der Waals surface area contributed by atoms with E-state index in [4.69, 9.17) is 9.47 Å². The molecule has 3 aromatic rings. The van der Waals surface area contributed by atoms with Crippen LogP contribution in [-0.2, 0) is 20.7 Å². The molecule has 0 radical (unpaired) electrons. The van der Waals surface area contributed by atoms with E-state index in [2.05, 4.69) is 5.32 Å². The van der Waals surface area contributed by atoms with Crippen LogP contribution in [0.4, 0.5) is 10.1 Å². The van der Waals surface area contributed by atoms with E-state index in [0.29, 0.717) is 12.2 Å². The first kappa shape index (κ1) is 21.0. The molecule has 0 bridgehead atoms. The molecule has 0 atom stereocenters. The maximum atomic E-state index is 13.8. The zero-order valence-corrected chi connectivity index (χ0v) is 16.6. The molecule has 0 spiro atoms. The summed E-state index contributed by atoms with van der Waals surface area (Å²) in [6.45, 7) is 0.883. The zero-order valence-electron chi connectivity index (χ0n) is 16.6. The summed E-state index contributed by atoms with van der Waals surface area (Å²) in [7, 11) is 0. The maximum absolute atomic E-state index is 13.8. The van der Waals surface area contributed by atoms with Gasteiger partial charge in [-0.25, -0.2) is 9.18 Å². The van der Waals surface area contributed by atoms with Gasteiger partial charge in [-0.1, -0.05) is 54.6 Å². The highest BCUT2D eigenvalue weighted by Gasteiger charge is 2.12. The van der Waals surface area contributed by atoms with Gasteiger partial charge in [0.15, 0.2) is 13.2 Å². The second-order valence-electron chi connectivity index (χ2n) is 6.75. The SMILES string of the molecule is Cc1ccc(NC(=O)COC(=O)COc2ccccc2Cc2ccccc2)c(F)c1. The van der Waals surface area contributed by atoms with Crippen LogP contribution < -0.4 is 10.1 Å². The molecule has 6 heteroatoms. The third kappa shape index (κ3) is 6.17. The van der Waals surface area contributed by atoms with E-state index in [9.17, 15) is 14.0 Å². The number of carbonyl (C=O) groups is 2. The van der Waals surface area contributed by atoms with Gasteiger partial charge in [0.1, 0.15) is 11.6 Å². The van der Waals surface area contributed by atoms with Crippen molar-refractivity contribution >= 4 is 17.6 Å². The van der Waals surface area contributed by atoms with Crippen molar-refractivity contribution in [3.63, 3.8) is 0 Å². The molecule has 0 unspecified atom stereocenters. The van der Waals surface area contributed by atoms with Crippen molar-refractivity contribution in [3.05, 3.63) is 95.3 Å². The van der Waals surface area contributed by atoms with E-state index in [0.717, 1.165) is 16.7 Å². The first-order chi connectivity index (χ1) is 14.5. The van der Waals surface area contributed by atoms with Crippen LogP contribution in [-0.4, -0.2) is 25.1 Å². The number of halogens is 1. The molecule has 1 amide bonds. The average Bonchev–Trinajstić information content (AvgIpc) is 2.74.